The van der Waals surface area contributed by atoms with Gasteiger partial charge < -0.3 is 10.6 Å². The lowest BCUT2D eigenvalue weighted by Gasteiger charge is -2.07. The molecule has 0 aliphatic carbocycles. The Balaban J connectivity index is 1.26. The minimum atomic E-state index is -0.322. The van der Waals surface area contributed by atoms with Crippen LogP contribution < -0.4 is 10.6 Å². The molecule has 0 saturated heterocycles. The third kappa shape index (κ3) is 8.11. The minimum Gasteiger partial charge on any atom is -0.323 e. The van der Waals surface area contributed by atoms with Crippen molar-refractivity contribution in [2.75, 3.05) is 10.6 Å². The molecule has 0 heterocycles. The Bertz CT molecular complexity index is 1300. The van der Waals surface area contributed by atoms with Crippen LogP contribution in [0.2, 0.25) is 0 Å². The van der Waals surface area contributed by atoms with E-state index in [1.165, 1.54) is 36.4 Å². The van der Waals surface area contributed by atoms with Gasteiger partial charge in [-0.15, -0.1) is 0 Å². The van der Waals surface area contributed by atoms with E-state index < -0.39 is 0 Å². The van der Waals surface area contributed by atoms with Crippen molar-refractivity contribution in [3.05, 3.63) is 143 Å². The Morgan fingerprint density at radius 2 is 0.892 bits per heavy atom. The molecule has 0 atom stereocenters. The number of hydrogen-bond donors (Lipinski definition) is 2. The van der Waals surface area contributed by atoms with Crippen LogP contribution in [0.15, 0.2) is 109 Å². The summed E-state index contributed by atoms with van der Waals surface area (Å²) in [5.74, 6) is -1.20. The lowest BCUT2D eigenvalue weighted by atomic mass is 10.0. The van der Waals surface area contributed by atoms with Crippen molar-refractivity contribution in [3.63, 3.8) is 0 Å². The summed E-state index contributed by atoms with van der Waals surface area (Å²) in [5.41, 5.74) is 4.95. The quantitative estimate of drug-likeness (QED) is 0.263. The van der Waals surface area contributed by atoms with E-state index >= 15 is 0 Å². The number of halogens is 2. The summed E-state index contributed by atoms with van der Waals surface area (Å²) in [6, 6.07) is 26.9. The van der Waals surface area contributed by atoms with Gasteiger partial charge in [-0.3, -0.25) is 9.59 Å². The van der Waals surface area contributed by atoms with Crippen molar-refractivity contribution in [1.82, 2.24) is 0 Å². The molecule has 4 aromatic rings. The number of carbonyl (C=O) groups is 2. The van der Waals surface area contributed by atoms with Gasteiger partial charge in [0.25, 0.3) is 0 Å². The van der Waals surface area contributed by atoms with Crippen LogP contribution in [0, 0.1) is 11.6 Å². The largest absolute Gasteiger partial charge is 0.323 e. The van der Waals surface area contributed by atoms with Crippen LogP contribution in [-0.2, 0) is 16.0 Å². The number of hydrogen-bond acceptors (Lipinski definition) is 2. The van der Waals surface area contributed by atoms with Crippen LogP contribution in [0.1, 0.15) is 22.3 Å². The summed E-state index contributed by atoms with van der Waals surface area (Å²) in [4.78, 5) is 24.3. The molecule has 4 nitrogen and oxygen atoms in total. The average Bonchev–Trinajstić information content (AvgIpc) is 2.90. The molecule has 2 N–H and O–H groups in total. The molecule has 0 aliphatic heterocycles. The molecular weight excluding hydrogens is 470 g/mol. The molecule has 2 amide bonds. The van der Waals surface area contributed by atoms with Crippen molar-refractivity contribution < 1.29 is 18.4 Å². The van der Waals surface area contributed by atoms with Gasteiger partial charge in [-0.1, -0.05) is 48.5 Å². The SMILES string of the molecule is O=C(C=Cc1ccc(F)cc1)Nc1ccc(Cc2ccc(NC(=O)C=Cc3ccc(F)cc3)cc2)cc1. The summed E-state index contributed by atoms with van der Waals surface area (Å²) < 4.78 is 25.9. The molecule has 0 aliphatic rings. The molecule has 0 aromatic heterocycles. The third-order valence-electron chi connectivity index (χ3n) is 5.45. The zero-order valence-electron chi connectivity index (χ0n) is 19.8. The lowest BCUT2D eigenvalue weighted by Crippen LogP contribution is -2.08. The van der Waals surface area contributed by atoms with Crippen molar-refractivity contribution in [1.29, 1.82) is 0 Å². The predicted octanol–water partition coefficient (Wildman–Crippen LogP) is 6.86. The van der Waals surface area contributed by atoms with Gasteiger partial charge in [-0.05, 0) is 89.4 Å². The predicted molar refractivity (Wildman–Crippen MR) is 144 cm³/mol. The molecule has 6 heteroatoms. The summed E-state index contributed by atoms with van der Waals surface area (Å²) in [5, 5.41) is 5.60. The Morgan fingerprint density at radius 3 is 1.24 bits per heavy atom. The molecule has 0 saturated carbocycles. The van der Waals surface area contributed by atoms with Gasteiger partial charge in [0.2, 0.25) is 11.8 Å². The van der Waals surface area contributed by atoms with E-state index in [0.717, 1.165) is 22.3 Å². The first-order chi connectivity index (χ1) is 17.9. The summed E-state index contributed by atoms with van der Waals surface area (Å²) in [7, 11) is 0. The number of anilines is 2. The third-order valence-corrected chi connectivity index (χ3v) is 5.45. The lowest BCUT2D eigenvalue weighted by molar-refractivity contribution is -0.112. The first kappa shape index (κ1) is 25.3. The number of carbonyl (C=O) groups excluding carboxylic acids is 2. The van der Waals surface area contributed by atoms with E-state index in [1.807, 2.05) is 48.5 Å². The van der Waals surface area contributed by atoms with Crippen LogP contribution in [0.4, 0.5) is 20.2 Å². The molecule has 4 aromatic carbocycles. The number of amides is 2. The molecule has 4 rings (SSSR count). The highest BCUT2D eigenvalue weighted by atomic mass is 19.1. The second-order valence-corrected chi connectivity index (χ2v) is 8.32. The van der Waals surface area contributed by atoms with E-state index in [0.29, 0.717) is 17.8 Å². The molecule has 184 valence electrons. The first-order valence-corrected chi connectivity index (χ1v) is 11.6. The van der Waals surface area contributed by atoms with E-state index in [1.54, 1.807) is 36.4 Å². The Hall–Kier alpha value is -4.84. The number of benzene rings is 4. The topological polar surface area (TPSA) is 58.2 Å². The summed E-state index contributed by atoms with van der Waals surface area (Å²) >= 11 is 0. The second kappa shape index (κ2) is 12.2. The monoisotopic (exact) mass is 494 g/mol. The molecule has 0 spiro atoms. The fraction of sp³-hybridized carbons (Fsp3) is 0.0323. The molecular formula is C31H24F2N2O2. The van der Waals surface area contributed by atoms with Crippen molar-refractivity contribution in [3.8, 4) is 0 Å². The zero-order chi connectivity index (χ0) is 26.0. The van der Waals surface area contributed by atoms with Crippen molar-refractivity contribution >= 4 is 35.3 Å². The molecule has 37 heavy (non-hydrogen) atoms. The van der Waals surface area contributed by atoms with Crippen LogP contribution in [-0.4, -0.2) is 11.8 Å². The van der Waals surface area contributed by atoms with Gasteiger partial charge in [-0.2, -0.15) is 0 Å². The van der Waals surface area contributed by atoms with E-state index in [2.05, 4.69) is 10.6 Å². The van der Waals surface area contributed by atoms with Gasteiger partial charge in [0.1, 0.15) is 11.6 Å². The zero-order valence-corrected chi connectivity index (χ0v) is 19.8. The maximum atomic E-state index is 13.0. The highest BCUT2D eigenvalue weighted by Crippen LogP contribution is 2.16. The van der Waals surface area contributed by atoms with Crippen LogP contribution >= 0.6 is 0 Å². The summed E-state index contributed by atoms with van der Waals surface area (Å²) in [6.07, 6.45) is 6.74. The smallest absolute Gasteiger partial charge is 0.248 e. The molecule has 0 radical (unpaired) electrons. The van der Waals surface area contributed by atoms with Crippen molar-refractivity contribution in [2.45, 2.75) is 6.42 Å². The Morgan fingerprint density at radius 1 is 0.541 bits per heavy atom. The average molecular weight is 495 g/mol. The summed E-state index contributed by atoms with van der Waals surface area (Å²) in [6.45, 7) is 0. The van der Waals surface area contributed by atoms with Crippen LogP contribution in [0.25, 0.3) is 12.2 Å². The van der Waals surface area contributed by atoms with Gasteiger partial charge in [-0.25, -0.2) is 8.78 Å². The maximum Gasteiger partial charge on any atom is 0.248 e. The van der Waals surface area contributed by atoms with E-state index in [9.17, 15) is 18.4 Å². The highest BCUT2D eigenvalue weighted by Gasteiger charge is 2.02. The fourth-order valence-corrected chi connectivity index (χ4v) is 3.51. The van der Waals surface area contributed by atoms with Crippen LogP contribution in [0.5, 0.6) is 0 Å². The highest BCUT2D eigenvalue weighted by molar-refractivity contribution is 6.02. The minimum absolute atomic E-state index is 0.276. The van der Waals surface area contributed by atoms with E-state index in [-0.39, 0.29) is 23.4 Å². The maximum absolute atomic E-state index is 13.0. The second-order valence-electron chi connectivity index (χ2n) is 8.32. The Kier molecular flexibility index (Phi) is 8.34. The first-order valence-electron chi connectivity index (χ1n) is 11.6. The number of rotatable bonds is 8. The molecule has 0 fully saturated rings. The molecule has 0 bridgehead atoms. The fourth-order valence-electron chi connectivity index (χ4n) is 3.51. The van der Waals surface area contributed by atoms with Gasteiger partial charge in [0, 0.05) is 23.5 Å². The van der Waals surface area contributed by atoms with Gasteiger partial charge in [0.05, 0.1) is 0 Å². The normalized spacial score (nSPS) is 11.1. The van der Waals surface area contributed by atoms with Gasteiger partial charge >= 0.3 is 0 Å². The number of nitrogens with one attached hydrogen (secondary N) is 2. The Labute approximate surface area is 214 Å². The standard InChI is InChI=1S/C31H24F2N2O2/c32-26-11-1-22(2-12-26)9-19-30(36)34-28-15-5-24(6-16-28)21-25-7-17-29(18-8-25)35-31(37)20-10-23-3-13-27(33)14-4-23/h1-20H,21H2,(H,34,36)(H,35,37). The van der Waals surface area contributed by atoms with E-state index in [4.69, 9.17) is 0 Å². The molecule has 0 unspecified atom stereocenters. The van der Waals surface area contributed by atoms with Crippen LogP contribution in [0.3, 0.4) is 0 Å². The van der Waals surface area contributed by atoms with Crippen molar-refractivity contribution in [2.24, 2.45) is 0 Å². The van der Waals surface area contributed by atoms with Gasteiger partial charge in [0.15, 0.2) is 0 Å².